The molecule has 1 N–H and O–H groups in total. The van der Waals surface area contributed by atoms with Crippen LogP contribution in [0.25, 0.3) is 0 Å². The average molecular weight is 186 g/mol. The van der Waals surface area contributed by atoms with Crippen molar-refractivity contribution in [1.82, 2.24) is 9.55 Å². The van der Waals surface area contributed by atoms with Crippen molar-refractivity contribution in [2.24, 2.45) is 0 Å². The second-order valence-electron chi connectivity index (χ2n) is 2.27. The van der Waals surface area contributed by atoms with E-state index in [1.54, 1.807) is 6.20 Å². The molecule has 0 spiro atoms. The summed E-state index contributed by atoms with van der Waals surface area (Å²) in [5.74, 6) is 0. The molecule has 0 saturated heterocycles. The molecule has 0 aliphatic carbocycles. The highest BCUT2D eigenvalue weighted by Gasteiger charge is 1.82. The van der Waals surface area contributed by atoms with Crippen molar-refractivity contribution < 1.29 is 14.6 Å². The van der Waals surface area contributed by atoms with Gasteiger partial charge in [-0.05, 0) is 6.42 Å². The lowest BCUT2D eigenvalue weighted by Crippen LogP contribution is -1.91. The van der Waals surface area contributed by atoms with Gasteiger partial charge in [-0.1, -0.05) is 6.92 Å². The van der Waals surface area contributed by atoms with Crippen LogP contribution in [-0.2, 0) is 11.3 Å². The Labute approximate surface area is 77.0 Å². The Balaban J connectivity index is 0.000000252. The number of hydrogen-bond donors (Lipinski definition) is 1. The fourth-order valence-corrected chi connectivity index (χ4v) is 0.677. The first-order valence-corrected chi connectivity index (χ1v) is 3.93. The van der Waals surface area contributed by atoms with Gasteiger partial charge < -0.3 is 14.4 Å². The molecule has 1 aromatic rings. The number of aromatic nitrogens is 2. The summed E-state index contributed by atoms with van der Waals surface area (Å²) in [5.41, 5.74) is 0. The first-order chi connectivity index (χ1) is 6.20. The summed E-state index contributed by atoms with van der Waals surface area (Å²) >= 11 is 0. The smallest absolute Gasteiger partial charge is 0.450 e. The molecule has 0 amide bonds. The van der Waals surface area contributed by atoms with Crippen molar-refractivity contribution in [2.45, 2.75) is 19.9 Å². The van der Waals surface area contributed by atoms with Gasteiger partial charge in [-0.15, -0.1) is 0 Å². The van der Waals surface area contributed by atoms with Crippen LogP contribution in [0.2, 0.25) is 0 Å². The van der Waals surface area contributed by atoms with Crippen LogP contribution in [-0.4, -0.2) is 27.9 Å². The van der Waals surface area contributed by atoms with Gasteiger partial charge in [0.25, 0.3) is 0 Å². The number of hydrogen-bond acceptors (Lipinski definition) is 3. The maximum absolute atomic E-state index is 9.15. The molecule has 13 heavy (non-hydrogen) atoms. The van der Waals surface area contributed by atoms with Gasteiger partial charge in [0.05, 0.1) is 13.4 Å². The Morgan fingerprint density at radius 1 is 1.69 bits per heavy atom. The number of carbonyl (C=O) groups is 1. The van der Waals surface area contributed by atoms with Crippen LogP contribution in [0, 0.1) is 0 Å². The highest BCUT2D eigenvalue weighted by atomic mass is 16.6. The maximum Gasteiger partial charge on any atom is 0.505 e. The van der Waals surface area contributed by atoms with Gasteiger partial charge in [0.2, 0.25) is 0 Å². The van der Waals surface area contributed by atoms with Crippen LogP contribution >= 0.6 is 0 Å². The third-order valence-corrected chi connectivity index (χ3v) is 1.22. The lowest BCUT2D eigenvalue weighted by Gasteiger charge is -1.93. The molecular weight excluding hydrogens is 172 g/mol. The van der Waals surface area contributed by atoms with E-state index < -0.39 is 6.16 Å². The Kier molecular flexibility index (Phi) is 6.31. The van der Waals surface area contributed by atoms with Crippen molar-refractivity contribution >= 4 is 6.16 Å². The summed E-state index contributed by atoms with van der Waals surface area (Å²) in [7, 11) is 1.10. The lowest BCUT2D eigenvalue weighted by atomic mass is 10.5. The second kappa shape index (κ2) is 7.15. The Bertz CT molecular complexity index is 221. The topological polar surface area (TPSA) is 64.4 Å². The van der Waals surface area contributed by atoms with Crippen LogP contribution in [0.15, 0.2) is 18.7 Å². The van der Waals surface area contributed by atoms with Crippen molar-refractivity contribution in [3.05, 3.63) is 18.7 Å². The predicted octanol–water partition coefficient (Wildman–Crippen LogP) is 1.60. The summed E-state index contributed by atoms with van der Waals surface area (Å²) in [5, 5.41) is 7.50. The lowest BCUT2D eigenvalue weighted by molar-refractivity contribution is 0.114. The van der Waals surface area contributed by atoms with Gasteiger partial charge >= 0.3 is 6.16 Å². The number of carboxylic acid groups (broad SMARTS) is 1. The third kappa shape index (κ3) is 6.86. The van der Waals surface area contributed by atoms with Crippen LogP contribution in [0.5, 0.6) is 0 Å². The fourth-order valence-electron chi connectivity index (χ4n) is 0.677. The number of methoxy groups -OCH3 is 1. The summed E-state index contributed by atoms with van der Waals surface area (Å²) in [4.78, 5) is 13.0. The first-order valence-electron chi connectivity index (χ1n) is 3.93. The fraction of sp³-hybridized carbons (Fsp3) is 0.500. The standard InChI is InChI=1S/C6H10N2.C2H4O3/c1-2-4-8-5-3-7-6-8;1-5-2(3)4/h3,5-6H,2,4H2,1H3;1H3,(H,3,4). The van der Waals surface area contributed by atoms with Crippen LogP contribution in [0.4, 0.5) is 4.79 Å². The molecule has 1 aromatic heterocycles. The number of nitrogens with zero attached hydrogens (tertiary/aromatic N) is 2. The molecule has 0 radical (unpaired) electrons. The summed E-state index contributed by atoms with van der Waals surface area (Å²) in [6.07, 6.45) is 5.55. The number of ether oxygens (including phenoxy) is 1. The minimum absolute atomic E-state index is 1.08. The van der Waals surface area contributed by atoms with Gasteiger partial charge in [0, 0.05) is 18.9 Å². The molecule has 74 valence electrons. The van der Waals surface area contributed by atoms with Crippen molar-refractivity contribution in [3.63, 3.8) is 0 Å². The molecule has 5 nitrogen and oxygen atoms in total. The normalized spacial score (nSPS) is 8.46. The molecule has 0 atom stereocenters. The van der Waals surface area contributed by atoms with E-state index in [9.17, 15) is 0 Å². The van der Waals surface area contributed by atoms with Gasteiger partial charge in [0.15, 0.2) is 0 Å². The number of rotatable bonds is 2. The molecule has 1 rings (SSSR count). The first kappa shape index (κ1) is 11.5. The average Bonchev–Trinajstić information content (AvgIpc) is 2.59. The zero-order valence-corrected chi connectivity index (χ0v) is 7.80. The van der Waals surface area contributed by atoms with E-state index in [2.05, 4.69) is 21.2 Å². The van der Waals surface area contributed by atoms with E-state index in [4.69, 9.17) is 9.90 Å². The molecule has 0 bridgehead atoms. The monoisotopic (exact) mass is 186 g/mol. The van der Waals surface area contributed by atoms with E-state index in [-0.39, 0.29) is 0 Å². The van der Waals surface area contributed by atoms with E-state index >= 15 is 0 Å². The highest BCUT2D eigenvalue weighted by Crippen LogP contribution is 1.87. The van der Waals surface area contributed by atoms with Gasteiger partial charge in [-0.25, -0.2) is 9.78 Å². The molecular formula is C8H14N2O3. The molecule has 0 aromatic carbocycles. The van der Waals surface area contributed by atoms with Crippen LogP contribution < -0.4 is 0 Å². The van der Waals surface area contributed by atoms with Crippen LogP contribution in [0.1, 0.15) is 13.3 Å². The summed E-state index contributed by atoms with van der Waals surface area (Å²) in [6, 6.07) is 0. The SMILES string of the molecule is CCCn1ccnc1.COC(=O)O. The van der Waals surface area contributed by atoms with E-state index in [1.165, 1.54) is 6.42 Å². The summed E-state index contributed by atoms with van der Waals surface area (Å²) < 4.78 is 5.74. The summed E-state index contributed by atoms with van der Waals surface area (Å²) in [6.45, 7) is 3.24. The quantitative estimate of drug-likeness (QED) is 0.712. The zero-order chi connectivity index (χ0) is 10.1. The number of imidazole rings is 1. The Hall–Kier alpha value is -1.52. The van der Waals surface area contributed by atoms with Crippen molar-refractivity contribution in [2.75, 3.05) is 7.11 Å². The molecule has 0 aliphatic rings. The zero-order valence-electron chi connectivity index (χ0n) is 7.80. The molecule has 1 heterocycles. The highest BCUT2D eigenvalue weighted by molar-refractivity contribution is 5.56. The molecule has 0 unspecified atom stereocenters. The van der Waals surface area contributed by atoms with Crippen molar-refractivity contribution in [1.29, 1.82) is 0 Å². The maximum atomic E-state index is 9.15. The molecule has 0 aliphatic heterocycles. The molecule has 0 fully saturated rings. The molecule has 5 heteroatoms. The van der Waals surface area contributed by atoms with E-state index in [0.29, 0.717) is 0 Å². The Morgan fingerprint density at radius 2 is 2.31 bits per heavy atom. The number of aryl methyl sites for hydroxylation is 1. The van der Waals surface area contributed by atoms with Gasteiger partial charge in [-0.2, -0.15) is 0 Å². The second-order valence-corrected chi connectivity index (χ2v) is 2.27. The Morgan fingerprint density at radius 3 is 2.62 bits per heavy atom. The van der Waals surface area contributed by atoms with Crippen LogP contribution in [0.3, 0.4) is 0 Å². The van der Waals surface area contributed by atoms with Gasteiger partial charge in [0.1, 0.15) is 0 Å². The largest absolute Gasteiger partial charge is 0.505 e. The van der Waals surface area contributed by atoms with E-state index in [1.807, 2.05) is 12.5 Å². The predicted molar refractivity (Wildman–Crippen MR) is 47.6 cm³/mol. The minimum Gasteiger partial charge on any atom is -0.450 e. The minimum atomic E-state index is -1.25. The van der Waals surface area contributed by atoms with Crippen molar-refractivity contribution in [3.8, 4) is 0 Å². The third-order valence-electron chi connectivity index (χ3n) is 1.22. The molecule has 0 saturated carbocycles. The van der Waals surface area contributed by atoms with Gasteiger partial charge in [-0.3, -0.25) is 0 Å². The van der Waals surface area contributed by atoms with E-state index in [0.717, 1.165) is 13.7 Å².